The molecule has 6 nitrogen and oxygen atoms in total. The summed E-state index contributed by atoms with van der Waals surface area (Å²) in [5.74, 6) is -0.589. The lowest BCUT2D eigenvalue weighted by Crippen LogP contribution is -2.41. The fourth-order valence-corrected chi connectivity index (χ4v) is 3.62. The average molecular weight is 371 g/mol. The second-order valence-electron chi connectivity index (χ2n) is 6.28. The monoisotopic (exact) mass is 371 g/mol. The zero-order chi connectivity index (χ0) is 18.5. The molecule has 3 rings (SSSR count). The second-order valence-corrected chi connectivity index (χ2v) is 7.31. The third-order valence-corrected chi connectivity index (χ3v) is 5.22. The van der Waals surface area contributed by atoms with E-state index in [0.717, 1.165) is 15.3 Å². The van der Waals surface area contributed by atoms with Crippen LogP contribution in [-0.4, -0.2) is 47.3 Å². The zero-order valence-electron chi connectivity index (χ0n) is 14.6. The molecule has 1 fully saturated rings. The predicted octanol–water partition coefficient (Wildman–Crippen LogP) is 2.26. The fraction of sp³-hybridized carbons (Fsp3) is 0.316. The van der Waals surface area contributed by atoms with E-state index in [1.807, 2.05) is 47.8 Å². The lowest BCUT2D eigenvalue weighted by Gasteiger charge is -2.19. The van der Waals surface area contributed by atoms with Crippen LogP contribution in [-0.2, 0) is 22.6 Å². The second kappa shape index (κ2) is 8.14. The maximum Gasteiger partial charge on any atom is 0.325 e. The lowest BCUT2D eigenvalue weighted by atomic mass is 10.1. The van der Waals surface area contributed by atoms with Gasteiger partial charge in [-0.3, -0.25) is 14.5 Å². The van der Waals surface area contributed by atoms with Crippen molar-refractivity contribution in [3.05, 3.63) is 58.3 Å². The van der Waals surface area contributed by atoms with E-state index in [4.69, 9.17) is 0 Å². The molecule has 0 radical (unpaired) electrons. The Balaban J connectivity index is 1.54. The molecule has 0 unspecified atom stereocenters. The Labute approximate surface area is 156 Å². The van der Waals surface area contributed by atoms with Gasteiger partial charge in [-0.15, -0.1) is 11.3 Å². The lowest BCUT2D eigenvalue weighted by molar-refractivity contribution is -0.136. The van der Waals surface area contributed by atoms with Crippen LogP contribution in [0.3, 0.4) is 0 Å². The number of hydrogen-bond acceptors (Lipinski definition) is 4. The van der Waals surface area contributed by atoms with E-state index >= 15 is 0 Å². The minimum absolute atomic E-state index is 0.228. The molecule has 0 spiro atoms. The number of amides is 4. The number of imide groups is 1. The first-order valence-electron chi connectivity index (χ1n) is 8.46. The molecule has 4 amide bonds. The molecule has 1 saturated heterocycles. The van der Waals surface area contributed by atoms with Crippen molar-refractivity contribution in [3.63, 3.8) is 0 Å². The number of hydrogen-bond donors (Lipinski definition) is 1. The summed E-state index contributed by atoms with van der Waals surface area (Å²) in [6.45, 7) is 0.242. The van der Waals surface area contributed by atoms with E-state index in [1.165, 1.54) is 4.90 Å². The van der Waals surface area contributed by atoms with Crippen molar-refractivity contribution in [3.8, 4) is 0 Å². The van der Waals surface area contributed by atoms with Gasteiger partial charge in [-0.05, 0) is 29.9 Å². The molecule has 2 heterocycles. The van der Waals surface area contributed by atoms with Crippen molar-refractivity contribution >= 4 is 29.2 Å². The van der Waals surface area contributed by atoms with Crippen molar-refractivity contribution < 1.29 is 14.4 Å². The molecule has 1 aromatic heterocycles. The normalized spacial score (nSPS) is 16.7. The summed E-state index contributed by atoms with van der Waals surface area (Å²) in [5, 5.41) is 4.63. The van der Waals surface area contributed by atoms with E-state index < -0.39 is 12.1 Å². The summed E-state index contributed by atoms with van der Waals surface area (Å²) in [6, 6.07) is 12.6. The first-order valence-corrected chi connectivity index (χ1v) is 9.34. The molecule has 136 valence electrons. The summed E-state index contributed by atoms with van der Waals surface area (Å²) in [7, 11) is 1.67. The van der Waals surface area contributed by atoms with Gasteiger partial charge in [0.1, 0.15) is 12.6 Å². The largest absolute Gasteiger partial charge is 0.339 e. The topological polar surface area (TPSA) is 69.7 Å². The molecule has 1 N–H and O–H groups in total. The highest BCUT2D eigenvalue weighted by molar-refractivity contribution is 7.09. The zero-order valence-corrected chi connectivity index (χ0v) is 15.4. The number of nitrogens with zero attached hydrogens (tertiary/aromatic N) is 2. The van der Waals surface area contributed by atoms with Gasteiger partial charge in [0.2, 0.25) is 5.91 Å². The smallest absolute Gasteiger partial charge is 0.325 e. The summed E-state index contributed by atoms with van der Waals surface area (Å²) < 4.78 is 0. The standard InChI is InChI=1S/C19H21N3O3S/c1-21(12-15-8-5-11-26-15)17(23)13-22-18(24)16(20-19(22)25)10-9-14-6-3-2-4-7-14/h2-8,11,16H,9-10,12-13H2,1H3,(H,20,25)/t16-/m1/s1. The number of thiophene rings is 1. The molecule has 26 heavy (non-hydrogen) atoms. The van der Waals surface area contributed by atoms with Crippen LogP contribution in [0.15, 0.2) is 47.8 Å². The highest BCUT2D eigenvalue weighted by Gasteiger charge is 2.38. The first kappa shape index (κ1) is 18.1. The Morgan fingerprint density at radius 3 is 2.65 bits per heavy atom. The van der Waals surface area contributed by atoms with Gasteiger partial charge < -0.3 is 10.2 Å². The number of carbonyl (C=O) groups is 3. The molecule has 7 heteroatoms. The number of likely N-dealkylation sites (N-methyl/N-ethyl adjacent to an activating group) is 1. The van der Waals surface area contributed by atoms with Crippen LogP contribution in [0.4, 0.5) is 4.79 Å². The Kier molecular flexibility index (Phi) is 5.68. The first-order chi connectivity index (χ1) is 12.5. The van der Waals surface area contributed by atoms with Crippen LogP contribution in [0.25, 0.3) is 0 Å². The van der Waals surface area contributed by atoms with Crippen molar-refractivity contribution in [2.75, 3.05) is 13.6 Å². The Bertz CT molecular complexity index is 777. The van der Waals surface area contributed by atoms with Gasteiger partial charge >= 0.3 is 6.03 Å². The predicted molar refractivity (Wildman–Crippen MR) is 99.6 cm³/mol. The quantitative estimate of drug-likeness (QED) is 0.759. The highest BCUT2D eigenvalue weighted by Crippen LogP contribution is 2.15. The van der Waals surface area contributed by atoms with Crippen LogP contribution >= 0.6 is 11.3 Å². The number of carbonyl (C=O) groups excluding carboxylic acids is 3. The van der Waals surface area contributed by atoms with E-state index in [0.29, 0.717) is 19.4 Å². The molecule has 2 aromatic rings. The van der Waals surface area contributed by atoms with Crippen LogP contribution in [0, 0.1) is 0 Å². The molecular weight excluding hydrogens is 350 g/mol. The molecule has 1 aliphatic rings. The Morgan fingerprint density at radius 1 is 1.19 bits per heavy atom. The van der Waals surface area contributed by atoms with Crippen molar-refractivity contribution in [2.45, 2.75) is 25.4 Å². The van der Waals surface area contributed by atoms with Crippen LogP contribution in [0.2, 0.25) is 0 Å². The highest BCUT2D eigenvalue weighted by atomic mass is 32.1. The van der Waals surface area contributed by atoms with Gasteiger partial charge in [-0.25, -0.2) is 4.79 Å². The molecule has 0 aliphatic carbocycles. The minimum atomic E-state index is -0.571. The third-order valence-electron chi connectivity index (χ3n) is 4.36. The number of urea groups is 1. The molecular formula is C19H21N3O3S. The van der Waals surface area contributed by atoms with Gasteiger partial charge in [0.05, 0.1) is 6.54 Å². The number of rotatable bonds is 7. The molecule has 0 saturated carbocycles. The Morgan fingerprint density at radius 2 is 1.96 bits per heavy atom. The maximum atomic E-state index is 12.5. The van der Waals surface area contributed by atoms with E-state index in [9.17, 15) is 14.4 Å². The Hall–Kier alpha value is -2.67. The van der Waals surface area contributed by atoms with E-state index in [-0.39, 0.29) is 18.4 Å². The molecule has 1 aliphatic heterocycles. The maximum absolute atomic E-state index is 12.5. The molecule has 0 bridgehead atoms. The SMILES string of the molecule is CN(Cc1cccs1)C(=O)CN1C(=O)N[C@H](CCc2ccccc2)C1=O. The average Bonchev–Trinajstić information content (AvgIpc) is 3.24. The fourth-order valence-electron chi connectivity index (χ4n) is 2.86. The van der Waals surface area contributed by atoms with Gasteiger partial charge in [0.25, 0.3) is 5.91 Å². The van der Waals surface area contributed by atoms with Gasteiger partial charge in [-0.1, -0.05) is 36.4 Å². The number of nitrogens with one attached hydrogen (secondary N) is 1. The minimum Gasteiger partial charge on any atom is -0.339 e. The van der Waals surface area contributed by atoms with Crippen molar-refractivity contribution in [1.82, 2.24) is 15.1 Å². The van der Waals surface area contributed by atoms with Crippen LogP contribution in [0.5, 0.6) is 0 Å². The molecule has 1 aromatic carbocycles. The third kappa shape index (κ3) is 4.29. The van der Waals surface area contributed by atoms with Crippen LogP contribution < -0.4 is 5.32 Å². The summed E-state index contributed by atoms with van der Waals surface area (Å²) in [4.78, 5) is 40.6. The summed E-state index contributed by atoms with van der Waals surface area (Å²) in [6.07, 6.45) is 1.21. The molecule has 1 atom stereocenters. The van der Waals surface area contributed by atoms with Crippen molar-refractivity contribution in [1.29, 1.82) is 0 Å². The summed E-state index contributed by atoms with van der Waals surface area (Å²) in [5.41, 5.74) is 1.11. The van der Waals surface area contributed by atoms with Gasteiger partial charge in [0, 0.05) is 11.9 Å². The van der Waals surface area contributed by atoms with E-state index in [2.05, 4.69) is 5.32 Å². The van der Waals surface area contributed by atoms with Gasteiger partial charge in [0.15, 0.2) is 0 Å². The number of benzene rings is 1. The van der Waals surface area contributed by atoms with Crippen LogP contribution in [0.1, 0.15) is 16.9 Å². The summed E-state index contributed by atoms with van der Waals surface area (Å²) >= 11 is 1.56. The number of aryl methyl sites for hydroxylation is 1. The van der Waals surface area contributed by atoms with E-state index in [1.54, 1.807) is 18.4 Å². The van der Waals surface area contributed by atoms with Gasteiger partial charge in [-0.2, -0.15) is 0 Å². The van der Waals surface area contributed by atoms with Crippen molar-refractivity contribution in [2.24, 2.45) is 0 Å².